The molecule has 0 saturated heterocycles. The van der Waals surface area contributed by atoms with Crippen LogP contribution in [0.4, 0.5) is 4.39 Å². The van der Waals surface area contributed by atoms with Crippen LogP contribution in [0.15, 0.2) is 42.5 Å². The summed E-state index contributed by atoms with van der Waals surface area (Å²) in [7, 11) is 1.31. The fraction of sp³-hybridized carbons (Fsp3) is 0.211. The third-order valence-corrected chi connectivity index (χ3v) is 4.49. The minimum Gasteiger partial charge on any atom is -0.326 e. The smallest absolute Gasteiger partial charge is 0.270 e. The molecule has 0 aliphatic carbocycles. The summed E-state index contributed by atoms with van der Waals surface area (Å²) in [6.45, 7) is 0.0130. The summed E-state index contributed by atoms with van der Waals surface area (Å²) in [6.07, 6.45) is 0.232. The van der Waals surface area contributed by atoms with Crippen LogP contribution in [0.2, 0.25) is 0 Å². The summed E-state index contributed by atoms with van der Waals surface area (Å²) in [4.78, 5) is 37.6. The summed E-state index contributed by atoms with van der Waals surface area (Å²) < 4.78 is 14.9. The molecular weight excluding hydrogens is 373 g/mol. The lowest BCUT2D eigenvalue weighted by Gasteiger charge is -2.19. The van der Waals surface area contributed by atoms with E-state index in [9.17, 15) is 18.8 Å². The Morgan fingerprint density at radius 1 is 1.19 bits per heavy atom. The molecule has 2 aromatic rings. The largest absolute Gasteiger partial charge is 0.326 e. The Morgan fingerprint density at radius 3 is 2.30 bits per heavy atom. The highest BCUT2D eigenvalue weighted by Gasteiger charge is 2.35. The number of hydrogen-bond donors (Lipinski definition) is 1. The lowest BCUT2D eigenvalue weighted by atomic mass is 10.0. The van der Waals surface area contributed by atoms with Crippen molar-refractivity contribution in [1.29, 1.82) is 0 Å². The Kier molecular flexibility index (Phi) is 5.25. The van der Waals surface area contributed by atoms with Crippen molar-refractivity contribution in [3.63, 3.8) is 0 Å². The van der Waals surface area contributed by atoms with Gasteiger partial charge in [0.25, 0.3) is 17.7 Å². The molecule has 3 rings (SSSR count). The Labute approximate surface area is 160 Å². The number of benzene rings is 2. The third-order valence-electron chi connectivity index (χ3n) is 4.34. The molecule has 0 saturated carbocycles. The average Bonchev–Trinajstić information content (AvgIpc) is 2.86. The van der Waals surface area contributed by atoms with Crippen LogP contribution >= 0.6 is 11.8 Å². The van der Waals surface area contributed by atoms with Gasteiger partial charge in [0.2, 0.25) is 0 Å². The van der Waals surface area contributed by atoms with E-state index in [1.54, 1.807) is 30.3 Å². The van der Waals surface area contributed by atoms with Gasteiger partial charge in [-0.2, -0.15) is 0 Å². The van der Waals surface area contributed by atoms with Gasteiger partial charge in [0.15, 0.2) is 0 Å². The van der Waals surface area contributed by atoms with E-state index in [1.165, 1.54) is 19.2 Å². The molecule has 0 radical (unpaired) electrons. The maximum Gasteiger partial charge on any atom is 0.270 e. The molecular formula is C19H17ClFN3O3. The summed E-state index contributed by atoms with van der Waals surface area (Å²) in [5.74, 6) is -2.14. The first-order valence-corrected chi connectivity index (χ1v) is 8.56. The zero-order valence-electron chi connectivity index (χ0n) is 14.5. The van der Waals surface area contributed by atoms with Gasteiger partial charge in [0, 0.05) is 31.4 Å². The third kappa shape index (κ3) is 3.70. The van der Waals surface area contributed by atoms with Gasteiger partial charge in [0.1, 0.15) is 5.82 Å². The fourth-order valence-electron chi connectivity index (χ4n) is 3.03. The van der Waals surface area contributed by atoms with Crippen LogP contribution in [0.1, 0.15) is 36.6 Å². The van der Waals surface area contributed by atoms with E-state index in [-0.39, 0.29) is 30.3 Å². The van der Waals surface area contributed by atoms with Gasteiger partial charge in [-0.05, 0) is 36.2 Å². The lowest BCUT2D eigenvalue weighted by molar-refractivity contribution is 0.0644. The standard InChI is InChI=1S/C19H17ClFN3O3/c1-23(20)17(25)15-7-6-11(9-16(15)21)8-12(22)10-24-18(26)13-4-2-3-5-14(13)19(24)27/h2-7,9,12H,8,10,22H2,1H3/t12-/m0/s1. The number of carbonyl (C=O) groups is 3. The Morgan fingerprint density at radius 2 is 1.78 bits per heavy atom. The minimum absolute atomic E-state index is 0.0130. The second kappa shape index (κ2) is 7.46. The van der Waals surface area contributed by atoms with Crippen LogP contribution in [0.3, 0.4) is 0 Å². The molecule has 2 N–H and O–H groups in total. The minimum atomic E-state index is -0.710. The number of imide groups is 1. The molecule has 1 heterocycles. The van der Waals surface area contributed by atoms with Gasteiger partial charge in [-0.3, -0.25) is 23.7 Å². The number of amides is 3. The van der Waals surface area contributed by atoms with Crippen LogP contribution in [-0.4, -0.2) is 46.7 Å². The molecule has 1 aliphatic rings. The zero-order valence-corrected chi connectivity index (χ0v) is 15.2. The van der Waals surface area contributed by atoms with Crippen molar-refractivity contribution in [1.82, 2.24) is 9.32 Å². The predicted molar refractivity (Wildman–Crippen MR) is 97.8 cm³/mol. The van der Waals surface area contributed by atoms with E-state index >= 15 is 0 Å². The normalized spacial score (nSPS) is 14.3. The van der Waals surface area contributed by atoms with Crippen molar-refractivity contribution >= 4 is 29.5 Å². The van der Waals surface area contributed by atoms with Crippen molar-refractivity contribution in [3.05, 3.63) is 70.5 Å². The van der Waals surface area contributed by atoms with Gasteiger partial charge in [0.05, 0.1) is 16.7 Å². The van der Waals surface area contributed by atoms with Gasteiger partial charge < -0.3 is 5.73 Å². The van der Waals surface area contributed by atoms with Gasteiger partial charge in [-0.15, -0.1) is 0 Å². The van der Waals surface area contributed by atoms with Crippen molar-refractivity contribution in [2.45, 2.75) is 12.5 Å². The number of nitrogens with two attached hydrogens (primary N) is 1. The van der Waals surface area contributed by atoms with E-state index in [4.69, 9.17) is 17.5 Å². The van der Waals surface area contributed by atoms with E-state index in [0.29, 0.717) is 16.7 Å². The number of nitrogens with zero attached hydrogens (tertiary/aromatic N) is 2. The maximum atomic E-state index is 14.2. The second-order valence-electron chi connectivity index (χ2n) is 6.33. The predicted octanol–water partition coefficient (Wildman–Crippen LogP) is 2.22. The van der Waals surface area contributed by atoms with E-state index < -0.39 is 17.8 Å². The van der Waals surface area contributed by atoms with Crippen LogP contribution < -0.4 is 5.73 Å². The van der Waals surface area contributed by atoms with Crippen LogP contribution in [0.5, 0.6) is 0 Å². The van der Waals surface area contributed by atoms with E-state index in [1.807, 2.05) is 0 Å². The molecule has 0 aromatic heterocycles. The first-order chi connectivity index (χ1) is 12.8. The molecule has 1 atom stereocenters. The SMILES string of the molecule is CN(Cl)C(=O)c1ccc(C[C@H](N)CN2C(=O)c3ccccc3C2=O)cc1F. The molecule has 3 amide bonds. The highest BCUT2D eigenvalue weighted by Crippen LogP contribution is 2.23. The summed E-state index contributed by atoms with van der Waals surface area (Å²) in [6, 6.07) is 10.1. The van der Waals surface area contributed by atoms with Gasteiger partial charge in [-0.25, -0.2) is 4.39 Å². The molecule has 140 valence electrons. The summed E-state index contributed by atoms with van der Waals surface area (Å²) in [5, 5.41) is 0. The number of halogens is 2. The van der Waals surface area contributed by atoms with Crippen molar-refractivity contribution in [2.24, 2.45) is 5.73 Å². The molecule has 0 spiro atoms. The second-order valence-corrected chi connectivity index (χ2v) is 6.83. The quantitative estimate of drug-likeness (QED) is 0.627. The van der Waals surface area contributed by atoms with Crippen LogP contribution in [0, 0.1) is 5.82 Å². The maximum absolute atomic E-state index is 14.2. The van der Waals surface area contributed by atoms with E-state index in [0.717, 1.165) is 9.32 Å². The Balaban J connectivity index is 1.69. The van der Waals surface area contributed by atoms with E-state index in [2.05, 4.69) is 0 Å². The zero-order chi connectivity index (χ0) is 19.7. The van der Waals surface area contributed by atoms with Gasteiger partial charge in [-0.1, -0.05) is 18.2 Å². The Bertz CT molecular complexity index is 897. The van der Waals surface area contributed by atoms with Crippen molar-refractivity contribution < 1.29 is 18.8 Å². The van der Waals surface area contributed by atoms with Crippen LogP contribution in [-0.2, 0) is 6.42 Å². The monoisotopic (exact) mass is 389 g/mol. The lowest BCUT2D eigenvalue weighted by Crippen LogP contribution is -2.41. The molecule has 2 aromatic carbocycles. The van der Waals surface area contributed by atoms with Crippen molar-refractivity contribution in [2.75, 3.05) is 13.6 Å². The highest BCUT2D eigenvalue weighted by molar-refractivity contribution is 6.23. The average molecular weight is 390 g/mol. The molecule has 0 bridgehead atoms. The summed E-state index contributed by atoms with van der Waals surface area (Å²) >= 11 is 5.55. The molecule has 1 aliphatic heterocycles. The first-order valence-electron chi connectivity index (χ1n) is 8.22. The molecule has 6 nitrogen and oxygen atoms in total. The first kappa shape index (κ1) is 19.0. The fourth-order valence-corrected chi connectivity index (χ4v) is 3.12. The number of hydrogen-bond acceptors (Lipinski definition) is 4. The molecule has 0 fully saturated rings. The topological polar surface area (TPSA) is 83.7 Å². The van der Waals surface area contributed by atoms with Gasteiger partial charge >= 0.3 is 0 Å². The van der Waals surface area contributed by atoms with Crippen LogP contribution in [0.25, 0.3) is 0 Å². The molecule has 27 heavy (non-hydrogen) atoms. The van der Waals surface area contributed by atoms with Crippen molar-refractivity contribution in [3.8, 4) is 0 Å². The molecule has 8 heteroatoms. The Hall–Kier alpha value is -2.77. The number of fused-ring (bicyclic) bond motifs is 1. The summed E-state index contributed by atoms with van der Waals surface area (Å²) in [5.41, 5.74) is 7.19. The number of carbonyl (C=O) groups excluding carboxylic acids is 3. The highest BCUT2D eigenvalue weighted by atomic mass is 35.5. The molecule has 0 unspecified atom stereocenters. The number of rotatable bonds is 5.